The molecule has 0 radical (unpaired) electrons. The van der Waals surface area contributed by atoms with Crippen LogP contribution in [0.3, 0.4) is 0 Å². The van der Waals surface area contributed by atoms with Gasteiger partial charge < -0.3 is 44.9 Å². The van der Waals surface area contributed by atoms with E-state index in [1.165, 1.54) is 18.0 Å². The second kappa shape index (κ2) is 17.1. The number of fused-ring (bicyclic) bond motifs is 2. The fourth-order valence-corrected chi connectivity index (χ4v) is 10.9. The van der Waals surface area contributed by atoms with E-state index in [9.17, 15) is 19.5 Å². The fraction of sp³-hybridized carbons (Fsp3) is 0.587. The molecule has 5 aliphatic heterocycles. The van der Waals surface area contributed by atoms with Crippen LogP contribution in [0.25, 0.3) is 16.5 Å². The van der Waals surface area contributed by atoms with Crippen LogP contribution in [0.15, 0.2) is 53.5 Å². The predicted molar refractivity (Wildman–Crippen MR) is 240 cm³/mol. The number of rotatable bonds is 12. The average molecular weight is 873 g/mol. The Balaban J connectivity index is 0.783. The van der Waals surface area contributed by atoms with E-state index in [0.29, 0.717) is 12.5 Å². The van der Waals surface area contributed by atoms with Gasteiger partial charge in [-0.2, -0.15) is 0 Å². The number of piperidine rings is 1. The number of aryl methyl sites for hydroxylation is 1. The van der Waals surface area contributed by atoms with E-state index in [-0.39, 0.29) is 71.0 Å². The van der Waals surface area contributed by atoms with Crippen molar-refractivity contribution in [1.29, 1.82) is 0 Å². The van der Waals surface area contributed by atoms with Gasteiger partial charge in [0, 0.05) is 94.6 Å². The van der Waals surface area contributed by atoms with E-state index < -0.39 is 5.60 Å². The number of aliphatic hydroxyl groups is 1. The Kier molecular flexibility index (Phi) is 11.8. The quantitative estimate of drug-likeness (QED) is 0.148. The summed E-state index contributed by atoms with van der Waals surface area (Å²) in [5.74, 6) is 1.41. The number of nitrogens with one attached hydrogen (secondary N) is 5. The first-order chi connectivity index (χ1) is 29.7. The Morgan fingerprint density at radius 1 is 1.05 bits per heavy atom. The molecule has 6 aliphatic rings. The van der Waals surface area contributed by atoms with Crippen LogP contribution in [-0.4, -0.2) is 133 Å². The summed E-state index contributed by atoms with van der Waals surface area (Å²) in [5, 5.41) is 28.4. The van der Waals surface area contributed by atoms with Gasteiger partial charge in [0.15, 0.2) is 12.4 Å². The second-order valence-electron chi connectivity index (χ2n) is 19.2. The van der Waals surface area contributed by atoms with Crippen molar-refractivity contribution in [3.63, 3.8) is 0 Å². The lowest BCUT2D eigenvalue weighted by atomic mass is 9.72. The molecule has 9 rings (SSSR count). The molecule has 1 saturated carbocycles. The van der Waals surface area contributed by atoms with Crippen LogP contribution in [0.2, 0.25) is 0 Å². The van der Waals surface area contributed by atoms with Gasteiger partial charge in [0.25, 0.3) is 11.5 Å². The largest absolute Gasteiger partial charge is 0.490 e. The number of amides is 2. The summed E-state index contributed by atoms with van der Waals surface area (Å²) in [6.45, 7) is 10.1. The molecule has 3 aromatic rings. The highest BCUT2D eigenvalue weighted by atomic mass is 35.5. The third-order valence-corrected chi connectivity index (χ3v) is 14.5. The number of pyridine rings is 1. The van der Waals surface area contributed by atoms with Crippen molar-refractivity contribution in [2.75, 3.05) is 71.8 Å². The van der Waals surface area contributed by atoms with Gasteiger partial charge in [0.2, 0.25) is 5.91 Å². The third-order valence-electron chi connectivity index (χ3n) is 14.1. The molecular weight excluding hydrogens is 810 g/mol. The van der Waals surface area contributed by atoms with Gasteiger partial charge in [-0.05, 0) is 106 Å². The van der Waals surface area contributed by atoms with Gasteiger partial charge >= 0.3 is 0 Å². The molecule has 2 amide bonds. The maximum atomic E-state index is 12.9. The number of nitrogens with zero attached hydrogens (tertiary/aromatic N) is 4. The summed E-state index contributed by atoms with van der Waals surface area (Å²) in [5.41, 5.74) is 3.51. The fourth-order valence-electron chi connectivity index (χ4n) is 10.7. The zero-order valence-electron chi connectivity index (χ0n) is 36.5. The van der Waals surface area contributed by atoms with Crippen LogP contribution in [0, 0.1) is 17.3 Å². The highest BCUT2D eigenvalue weighted by molar-refractivity contribution is 6.21. The first-order valence-corrected chi connectivity index (χ1v) is 22.7. The third kappa shape index (κ3) is 8.57. The van der Waals surface area contributed by atoms with Crippen LogP contribution >= 0.6 is 11.6 Å². The topological polar surface area (TPSA) is 165 Å². The van der Waals surface area contributed by atoms with Crippen molar-refractivity contribution < 1.29 is 24.2 Å². The average Bonchev–Trinajstić information content (AvgIpc) is 3.72. The zero-order valence-corrected chi connectivity index (χ0v) is 37.3. The molecule has 0 bridgehead atoms. The number of halogens is 1. The second-order valence-corrected chi connectivity index (χ2v) is 19.7. The minimum atomic E-state index is -0.997. The number of likely N-dealkylation sites (tertiary alicyclic amines) is 2. The Morgan fingerprint density at radius 2 is 1.85 bits per heavy atom. The van der Waals surface area contributed by atoms with Gasteiger partial charge in [0.05, 0.1) is 34.8 Å². The molecule has 15 nitrogen and oxygen atoms in total. The molecular formula is C46H62ClN9O6. The molecule has 5 unspecified atom stereocenters. The van der Waals surface area contributed by atoms with Gasteiger partial charge in [0.1, 0.15) is 12.0 Å². The highest BCUT2D eigenvalue weighted by Crippen LogP contribution is 2.45. The number of anilines is 1. The first kappa shape index (κ1) is 43.1. The highest BCUT2D eigenvalue weighted by Gasteiger charge is 2.49. The summed E-state index contributed by atoms with van der Waals surface area (Å²) in [4.78, 5) is 44.5. The van der Waals surface area contributed by atoms with Gasteiger partial charge in [-0.3, -0.25) is 29.9 Å². The molecule has 6 heterocycles. The molecule has 334 valence electrons. The molecule has 4 saturated heterocycles. The van der Waals surface area contributed by atoms with E-state index in [1.54, 1.807) is 31.9 Å². The molecule has 1 aliphatic carbocycles. The van der Waals surface area contributed by atoms with E-state index in [2.05, 4.69) is 42.5 Å². The lowest BCUT2D eigenvalue weighted by Crippen LogP contribution is -2.72. The van der Waals surface area contributed by atoms with E-state index in [0.717, 1.165) is 104 Å². The minimum Gasteiger partial charge on any atom is -0.490 e. The minimum absolute atomic E-state index is 0.0206. The lowest BCUT2D eigenvalue weighted by Gasteiger charge is -2.57. The van der Waals surface area contributed by atoms with Crippen molar-refractivity contribution in [2.45, 2.75) is 81.5 Å². The molecule has 16 heteroatoms. The summed E-state index contributed by atoms with van der Waals surface area (Å²) in [6, 6.07) is 13.3. The SMILES string of the molecule is CNC(=O)COc1cc2cc(NC3NC(N4CCCC5(CN(CC6CC(Oc7ccc(C(C)(C)O)cc7C7=CN(C)C(=O)C8NCCC78)C6)C5)C4)NCC3Cl)ccc2n(C)c1=O. The first-order valence-electron chi connectivity index (χ1n) is 22.3. The number of aromatic nitrogens is 1. The standard InChI is InChI=1S/C46H62ClN9O6/c1-45(2,60)29-7-10-37(33(19-29)34-22-53(4)43(59)40-32(34)11-13-49-40)62-31-15-27(16-31)21-55-24-46(25-55)12-6-14-56(26-46)44-50-20-35(47)41(52-44)51-30-8-9-36-28(17-30)18-38(42(58)54(36)5)61-23-39(57)48-3/h7-10,17-19,22,27,31-32,35,40-41,44,49-52,60H,6,11-16,20-21,23-26H2,1-5H3,(H,48,57). The molecule has 1 aromatic heterocycles. The maximum absolute atomic E-state index is 12.9. The summed E-state index contributed by atoms with van der Waals surface area (Å²) in [7, 11) is 5.05. The molecule has 1 spiro atoms. The van der Waals surface area contributed by atoms with Crippen LogP contribution in [-0.2, 0) is 22.2 Å². The van der Waals surface area contributed by atoms with Crippen LogP contribution in [0.4, 0.5) is 5.69 Å². The number of benzene rings is 2. The smallest absolute Gasteiger partial charge is 0.293 e. The maximum Gasteiger partial charge on any atom is 0.293 e. The van der Waals surface area contributed by atoms with Crippen LogP contribution in [0.1, 0.15) is 57.1 Å². The van der Waals surface area contributed by atoms with E-state index in [1.807, 2.05) is 43.6 Å². The lowest BCUT2D eigenvalue weighted by molar-refractivity contribution is -0.130. The number of carbonyl (C=O) groups is 2. The van der Waals surface area contributed by atoms with Crippen LogP contribution < -0.4 is 41.6 Å². The Morgan fingerprint density at radius 3 is 2.63 bits per heavy atom. The summed E-state index contributed by atoms with van der Waals surface area (Å²) in [6.07, 6.45) is 7.19. The Bertz CT molecular complexity index is 2280. The molecule has 62 heavy (non-hydrogen) atoms. The molecule has 5 fully saturated rings. The number of hydrogen-bond donors (Lipinski definition) is 6. The van der Waals surface area contributed by atoms with Crippen molar-refractivity contribution in [3.05, 3.63) is 70.1 Å². The van der Waals surface area contributed by atoms with Crippen molar-refractivity contribution in [1.82, 2.24) is 40.5 Å². The molecule has 5 atom stereocenters. The van der Waals surface area contributed by atoms with Gasteiger partial charge in [-0.25, -0.2) is 0 Å². The zero-order chi connectivity index (χ0) is 43.5. The predicted octanol–water partition coefficient (Wildman–Crippen LogP) is 2.76. The summed E-state index contributed by atoms with van der Waals surface area (Å²) < 4.78 is 13.8. The van der Waals surface area contributed by atoms with Crippen molar-refractivity contribution in [2.24, 2.45) is 24.3 Å². The number of likely N-dealkylation sites (N-methyl/N-ethyl adjacent to an activating group) is 2. The number of carbonyl (C=O) groups excluding carboxylic acids is 2. The molecule has 2 aromatic carbocycles. The molecule has 6 N–H and O–H groups in total. The van der Waals surface area contributed by atoms with Crippen LogP contribution in [0.5, 0.6) is 11.5 Å². The number of hydrogen-bond acceptors (Lipinski definition) is 12. The van der Waals surface area contributed by atoms with Gasteiger partial charge in [-0.1, -0.05) is 6.07 Å². The number of ether oxygens (including phenoxy) is 2. The van der Waals surface area contributed by atoms with E-state index in [4.69, 9.17) is 21.1 Å². The number of alkyl halides is 1. The normalized spacial score (nSPS) is 28.8. The summed E-state index contributed by atoms with van der Waals surface area (Å²) >= 11 is 6.89. The van der Waals surface area contributed by atoms with E-state index >= 15 is 0 Å². The van der Waals surface area contributed by atoms with Gasteiger partial charge in [-0.15, -0.1) is 11.6 Å². The van der Waals surface area contributed by atoms with Crippen molar-refractivity contribution >= 4 is 45.6 Å². The monoisotopic (exact) mass is 871 g/mol. The Labute approximate surface area is 368 Å². The Hall–Kier alpha value is -4.22. The van der Waals surface area contributed by atoms with Crippen molar-refractivity contribution in [3.8, 4) is 11.5 Å².